The van der Waals surface area contributed by atoms with Gasteiger partial charge in [0.05, 0.1) is 0 Å². The third kappa shape index (κ3) is 3.47. The van der Waals surface area contributed by atoms with Crippen LogP contribution in [0.1, 0.15) is 31.4 Å². The zero-order valence-corrected chi connectivity index (χ0v) is 11.2. The molecule has 0 spiro atoms. The maximum Gasteiger partial charge on any atom is 0.0389 e. The Bertz CT molecular complexity index is 371. The van der Waals surface area contributed by atoms with E-state index in [4.69, 9.17) is 0 Å². The summed E-state index contributed by atoms with van der Waals surface area (Å²) in [6.45, 7) is 8.85. The average molecular weight is 232 g/mol. The maximum atomic E-state index is 3.64. The number of nitrogens with one attached hydrogen (secondary N) is 2. The van der Waals surface area contributed by atoms with Crippen molar-refractivity contribution < 1.29 is 0 Å². The molecule has 0 bridgehead atoms. The molecule has 1 unspecified atom stereocenters. The summed E-state index contributed by atoms with van der Waals surface area (Å²) in [5.41, 5.74) is 4.17. The van der Waals surface area contributed by atoms with Crippen LogP contribution in [0.5, 0.6) is 0 Å². The molecular weight excluding hydrogens is 208 g/mol. The second-order valence-electron chi connectivity index (χ2n) is 5.59. The predicted molar refractivity (Wildman–Crippen MR) is 74.6 cm³/mol. The van der Waals surface area contributed by atoms with Crippen LogP contribution in [-0.2, 0) is 6.42 Å². The van der Waals surface area contributed by atoms with Crippen molar-refractivity contribution in [3.63, 3.8) is 0 Å². The molecule has 1 heterocycles. The maximum absolute atomic E-state index is 3.64. The molecule has 0 aromatic heterocycles. The van der Waals surface area contributed by atoms with E-state index in [9.17, 15) is 0 Å². The molecule has 1 atom stereocenters. The molecule has 0 radical (unpaired) electrons. The van der Waals surface area contributed by atoms with Crippen molar-refractivity contribution in [1.82, 2.24) is 5.32 Å². The van der Waals surface area contributed by atoms with Crippen molar-refractivity contribution in [2.45, 2.75) is 39.7 Å². The third-order valence-corrected chi connectivity index (χ3v) is 3.33. The van der Waals surface area contributed by atoms with Crippen molar-refractivity contribution >= 4 is 5.69 Å². The van der Waals surface area contributed by atoms with Crippen LogP contribution in [0.2, 0.25) is 0 Å². The van der Waals surface area contributed by atoms with Crippen molar-refractivity contribution in [2.24, 2.45) is 5.92 Å². The zero-order valence-electron chi connectivity index (χ0n) is 11.2. The molecule has 0 aliphatic carbocycles. The van der Waals surface area contributed by atoms with Gasteiger partial charge in [0.25, 0.3) is 0 Å². The van der Waals surface area contributed by atoms with Crippen molar-refractivity contribution in [3.05, 3.63) is 29.3 Å². The first-order valence-electron chi connectivity index (χ1n) is 6.72. The quantitative estimate of drug-likeness (QED) is 0.834. The van der Waals surface area contributed by atoms with Gasteiger partial charge in [-0.05, 0) is 43.9 Å². The first-order chi connectivity index (χ1) is 8.15. The fraction of sp³-hybridized carbons (Fsp3) is 0.600. The second-order valence-corrected chi connectivity index (χ2v) is 5.59. The van der Waals surface area contributed by atoms with Gasteiger partial charge in [0.1, 0.15) is 0 Å². The SMILES string of the molecule is Cc1ccc2c(c1)CCC(CNCC(C)C)N2. The average Bonchev–Trinajstić information content (AvgIpc) is 2.29. The highest BCUT2D eigenvalue weighted by molar-refractivity contribution is 5.55. The van der Waals surface area contributed by atoms with Crippen LogP contribution in [0.15, 0.2) is 18.2 Å². The van der Waals surface area contributed by atoms with Gasteiger partial charge in [-0.1, -0.05) is 31.5 Å². The molecule has 0 amide bonds. The van der Waals surface area contributed by atoms with E-state index >= 15 is 0 Å². The van der Waals surface area contributed by atoms with Crippen molar-refractivity contribution in [2.75, 3.05) is 18.4 Å². The molecule has 1 aromatic carbocycles. The van der Waals surface area contributed by atoms with Gasteiger partial charge in [-0.3, -0.25) is 0 Å². The first-order valence-corrected chi connectivity index (χ1v) is 6.72. The zero-order chi connectivity index (χ0) is 12.3. The van der Waals surface area contributed by atoms with Crippen molar-refractivity contribution in [1.29, 1.82) is 0 Å². The topological polar surface area (TPSA) is 24.1 Å². The lowest BCUT2D eigenvalue weighted by molar-refractivity contribution is 0.507. The van der Waals surface area contributed by atoms with Crippen LogP contribution < -0.4 is 10.6 Å². The minimum absolute atomic E-state index is 0.587. The van der Waals surface area contributed by atoms with Crippen molar-refractivity contribution in [3.8, 4) is 0 Å². The number of benzene rings is 1. The van der Waals surface area contributed by atoms with Gasteiger partial charge in [0.15, 0.2) is 0 Å². The Balaban J connectivity index is 1.88. The molecule has 0 fully saturated rings. The number of hydrogen-bond acceptors (Lipinski definition) is 2. The second kappa shape index (κ2) is 5.54. The highest BCUT2D eigenvalue weighted by Gasteiger charge is 2.16. The highest BCUT2D eigenvalue weighted by Crippen LogP contribution is 2.25. The molecule has 1 aromatic rings. The van der Waals surface area contributed by atoms with E-state index in [1.165, 1.54) is 29.7 Å². The van der Waals surface area contributed by atoms with E-state index in [-0.39, 0.29) is 0 Å². The van der Waals surface area contributed by atoms with E-state index in [0.29, 0.717) is 6.04 Å². The summed E-state index contributed by atoms with van der Waals surface area (Å²) in [5, 5.41) is 7.17. The molecule has 0 saturated carbocycles. The monoisotopic (exact) mass is 232 g/mol. The third-order valence-electron chi connectivity index (χ3n) is 3.33. The van der Waals surface area contributed by atoms with Gasteiger partial charge >= 0.3 is 0 Å². The van der Waals surface area contributed by atoms with Gasteiger partial charge in [-0.2, -0.15) is 0 Å². The van der Waals surface area contributed by atoms with E-state index in [1.807, 2.05) is 0 Å². The summed E-state index contributed by atoms with van der Waals surface area (Å²) in [5.74, 6) is 0.730. The summed E-state index contributed by atoms with van der Waals surface area (Å²) in [6, 6.07) is 7.30. The number of fused-ring (bicyclic) bond motifs is 1. The largest absolute Gasteiger partial charge is 0.381 e. The Morgan fingerprint density at radius 2 is 2.24 bits per heavy atom. The lowest BCUT2D eigenvalue weighted by Crippen LogP contribution is -2.37. The summed E-state index contributed by atoms with van der Waals surface area (Å²) in [6.07, 6.45) is 2.44. The lowest BCUT2D eigenvalue weighted by Gasteiger charge is -2.28. The van der Waals surface area contributed by atoms with Gasteiger partial charge in [-0.25, -0.2) is 0 Å². The molecule has 94 valence electrons. The lowest BCUT2D eigenvalue weighted by atomic mass is 9.96. The summed E-state index contributed by atoms with van der Waals surface area (Å²) >= 11 is 0. The molecule has 1 aliphatic rings. The van der Waals surface area contributed by atoms with Crippen LogP contribution in [0, 0.1) is 12.8 Å². The highest BCUT2D eigenvalue weighted by atomic mass is 15.0. The number of rotatable bonds is 4. The summed E-state index contributed by atoms with van der Waals surface area (Å²) in [4.78, 5) is 0. The van der Waals surface area contributed by atoms with E-state index in [0.717, 1.165) is 19.0 Å². The minimum atomic E-state index is 0.587. The van der Waals surface area contributed by atoms with Crippen LogP contribution in [0.3, 0.4) is 0 Å². The summed E-state index contributed by atoms with van der Waals surface area (Å²) in [7, 11) is 0. The smallest absolute Gasteiger partial charge is 0.0389 e. The van der Waals surface area contributed by atoms with Gasteiger partial charge in [-0.15, -0.1) is 0 Å². The Morgan fingerprint density at radius 1 is 1.41 bits per heavy atom. The van der Waals surface area contributed by atoms with E-state index in [2.05, 4.69) is 49.6 Å². The molecular formula is C15H24N2. The van der Waals surface area contributed by atoms with Crippen LogP contribution in [0.25, 0.3) is 0 Å². The Kier molecular flexibility index (Phi) is 4.06. The van der Waals surface area contributed by atoms with Gasteiger partial charge in [0, 0.05) is 18.3 Å². The van der Waals surface area contributed by atoms with Gasteiger partial charge < -0.3 is 10.6 Å². The molecule has 2 rings (SSSR count). The molecule has 2 heteroatoms. The van der Waals surface area contributed by atoms with Crippen LogP contribution >= 0.6 is 0 Å². The van der Waals surface area contributed by atoms with E-state index in [1.54, 1.807) is 0 Å². The standard InChI is InChI=1S/C15H24N2/c1-11(2)9-16-10-14-6-5-13-8-12(3)4-7-15(13)17-14/h4,7-8,11,14,16-17H,5-6,9-10H2,1-3H3. The fourth-order valence-electron chi connectivity index (χ4n) is 2.39. The Labute approximate surface area is 105 Å². The first kappa shape index (κ1) is 12.4. The predicted octanol–water partition coefficient (Wildman–Crippen LogP) is 2.97. The number of aryl methyl sites for hydroxylation is 2. The molecule has 0 saturated heterocycles. The Hall–Kier alpha value is -1.02. The Morgan fingerprint density at radius 3 is 3.00 bits per heavy atom. The van der Waals surface area contributed by atoms with Gasteiger partial charge in [0.2, 0.25) is 0 Å². The minimum Gasteiger partial charge on any atom is -0.381 e. The molecule has 17 heavy (non-hydrogen) atoms. The van der Waals surface area contributed by atoms with E-state index < -0.39 is 0 Å². The summed E-state index contributed by atoms with van der Waals surface area (Å²) < 4.78 is 0. The fourth-order valence-corrected chi connectivity index (χ4v) is 2.39. The normalized spacial score (nSPS) is 18.9. The number of anilines is 1. The molecule has 2 nitrogen and oxygen atoms in total. The van der Waals surface area contributed by atoms with Crippen LogP contribution in [-0.4, -0.2) is 19.1 Å². The molecule has 2 N–H and O–H groups in total. The molecule has 1 aliphatic heterocycles. The number of hydrogen-bond donors (Lipinski definition) is 2. The van der Waals surface area contributed by atoms with Crippen LogP contribution in [0.4, 0.5) is 5.69 Å².